The van der Waals surface area contributed by atoms with Crippen LogP contribution in [0.2, 0.25) is 23.4 Å². The molecule has 236 valence electrons. The second-order valence-corrected chi connectivity index (χ2v) is 19.4. The van der Waals surface area contributed by atoms with E-state index in [0.717, 1.165) is 66.0 Å². The van der Waals surface area contributed by atoms with Crippen LogP contribution < -0.4 is 4.74 Å². The lowest BCUT2D eigenvalue weighted by atomic mass is 9.94. The lowest BCUT2D eigenvalue weighted by Crippen LogP contribution is -2.41. The number of likely N-dealkylation sites (tertiary alicyclic amines) is 1. The largest absolute Gasteiger partial charge is 0.493 e. The Morgan fingerprint density at radius 3 is 2.37 bits per heavy atom. The van der Waals surface area contributed by atoms with Gasteiger partial charge in [-0.05, 0) is 112 Å². The normalized spacial score (nSPS) is 15.3. The van der Waals surface area contributed by atoms with Crippen molar-refractivity contribution in [2.45, 2.75) is 98.0 Å². The number of hydrogen-bond donors (Lipinski definition) is 0. The quantitative estimate of drug-likeness (QED) is 0.175. The number of fused-ring (bicyclic) bond motifs is 1. The van der Waals surface area contributed by atoms with Crippen molar-refractivity contribution < 1.29 is 18.7 Å². The van der Waals surface area contributed by atoms with Gasteiger partial charge >= 0.3 is 6.09 Å². The Morgan fingerprint density at radius 2 is 1.74 bits per heavy atom. The molecule has 43 heavy (non-hydrogen) atoms. The van der Waals surface area contributed by atoms with Gasteiger partial charge in [-0.1, -0.05) is 20.8 Å². The molecule has 1 aliphatic heterocycles. The first-order valence-electron chi connectivity index (χ1n) is 15.4. The minimum Gasteiger partial charge on any atom is -0.493 e. The summed E-state index contributed by atoms with van der Waals surface area (Å²) in [6.45, 7) is 22.5. The number of halogens is 1. The molecule has 1 fully saturated rings. The first-order chi connectivity index (χ1) is 20.0. The standard InChI is InChI=1S/C33H49ClN4O4Si/c1-23-22-25(10-11-27(23)40-20-15-24-12-16-38(17-13-24)31(39)42-32(2,3)4)28-26-14-18-37(29(26)36-30(34)35-28)19-21-41-43(8,9)33(5,6)7/h10-11,14,18,22,24H,12-13,15-17,19-21H2,1-9H3. The Labute approximate surface area is 263 Å². The maximum absolute atomic E-state index is 12.3. The van der Waals surface area contributed by atoms with Crippen molar-refractivity contribution in [1.29, 1.82) is 0 Å². The fraction of sp³-hybridized carbons (Fsp3) is 0.606. The maximum atomic E-state index is 12.3. The van der Waals surface area contributed by atoms with Crippen LogP contribution in [0.5, 0.6) is 5.75 Å². The molecular formula is C33H49ClN4O4Si. The molecule has 3 heterocycles. The van der Waals surface area contributed by atoms with Crippen molar-refractivity contribution in [1.82, 2.24) is 19.4 Å². The van der Waals surface area contributed by atoms with Crippen molar-refractivity contribution >= 4 is 37.0 Å². The molecule has 0 bridgehead atoms. The van der Waals surface area contributed by atoms with E-state index in [1.54, 1.807) is 0 Å². The van der Waals surface area contributed by atoms with Crippen LogP contribution in [-0.4, -0.2) is 65.7 Å². The molecule has 0 spiro atoms. The molecule has 10 heteroatoms. The van der Waals surface area contributed by atoms with E-state index in [4.69, 9.17) is 25.5 Å². The number of aromatic nitrogens is 3. The van der Waals surface area contributed by atoms with Crippen LogP contribution in [0.1, 0.15) is 66.4 Å². The van der Waals surface area contributed by atoms with Gasteiger partial charge in [0, 0.05) is 36.8 Å². The van der Waals surface area contributed by atoms with Gasteiger partial charge in [0.15, 0.2) is 8.32 Å². The van der Waals surface area contributed by atoms with Crippen molar-refractivity contribution in [3.8, 4) is 17.0 Å². The summed E-state index contributed by atoms with van der Waals surface area (Å²) in [5.41, 5.74) is 3.17. The van der Waals surface area contributed by atoms with E-state index in [9.17, 15) is 4.79 Å². The molecule has 2 aromatic heterocycles. The third-order valence-electron chi connectivity index (χ3n) is 8.69. The van der Waals surface area contributed by atoms with Crippen LogP contribution in [0.15, 0.2) is 30.5 Å². The highest BCUT2D eigenvalue weighted by Crippen LogP contribution is 2.37. The second-order valence-electron chi connectivity index (χ2n) is 14.2. The summed E-state index contributed by atoms with van der Waals surface area (Å²) in [5.74, 6) is 1.40. The topological polar surface area (TPSA) is 78.7 Å². The highest BCUT2D eigenvalue weighted by atomic mass is 35.5. The molecule has 0 saturated carbocycles. The highest BCUT2D eigenvalue weighted by Gasteiger charge is 2.37. The van der Waals surface area contributed by atoms with Gasteiger partial charge in [-0.25, -0.2) is 9.78 Å². The smallest absolute Gasteiger partial charge is 0.410 e. The Kier molecular flexibility index (Phi) is 10.2. The van der Waals surface area contributed by atoms with Gasteiger partial charge in [0.1, 0.15) is 17.0 Å². The lowest BCUT2D eigenvalue weighted by Gasteiger charge is -2.36. The Bertz CT molecular complexity index is 1420. The summed E-state index contributed by atoms with van der Waals surface area (Å²) in [4.78, 5) is 23.3. The van der Waals surface area contributed by atoms with Crippen LogP contribution >= 0.6 is 11.6 Å². The van der Waals surface area contributed by atoms with Crippen LogP contribution in [-0.2, 0) is 15.7 Å². The van der Waals surface area contributed by atoms with Gasteiger partial charge in [-0.3, -0.25) is 0 Å². The summed E-state index contributed by atoms with van der Waals surface area (Å²) >= 11 is 6.42. The van der Waals surface area contributed by atoms with Gasteiger partial charge in [-0.15, -0.1) is 0 Å². The van der Waals surface area contributed by atoms with Crippen molar-refractivity contribution in [2.24, 2.45) is 5.92 Å². The van der Waals surface area contributed by atoms with Gasteiger partial charge < -0.3 is 23.4 Å². The molecule has 1 aromatic carbocycles. The number of aryl methyl sites for hydroxylation is 1. The minimum atomic E-state index is -1.83. The summed E-state index contributed by atoms with van der Waals surface area (Å²) in [5, 5.41) is 1.35. The van der Waals surface area contributed by atoms with Crippen LogP contribution in [0.4, 0.5) is 4.79 Å². The van der Waals surface area contributed by atoms with Crippen LogP contribution in [0.3, 0.4) is 0 Å². The number of carbonyl (C=O) groups is 1. The molecule has 1 amide bonds. The number of ether oxygens (including phenoxy) is 2. The highest BCUT2D eigenvalue weighted by molar-refractivity contribution is 6.74. The molecule has 3 aromatic rings. The van der Waals surface area contributed by atoms with Gasteiger partial charge in [0.25, 0.3) is 0 Å². The van der Waals surface area contributed by atoms with Gasteiger partial charge in [-0.2, -0.15) is 4.98 Å². The fourth-order valence-electron chi connectivity index (χ4n) is 5.08. The monoisotopic (exact) mass is 628 g/mol. The van der Waals surface area contributed by atoms with E-state index in [-0.39, 0.29) is 16.4 Å². The summed E-state index contributed by atoms with van der Waals surface area (Å²) in [7, 11) is -1.83. The second kappa shape index (κ2) is 13.2. The van der Waals surface area contributed by atoms with Crippen LogP contribution in [0, 0.1) is 12.8 Å². The molecule has 4 rings (SSSR count). The third kappa shape index (κ3) is 8.52. The molecule has 1 aliphatic rings. The predicted molar refractivity (Wildman–Crippen MR) is 177 cm³/mol. The summed E-state index contributed by atoms with van der Waals surface area (Å²) in [6, 6.07) is 8.21. The number of amides is 1. The molecule has 0 atom stereocenters. The number of rotatable bonds is 9. The third-order valence-corrected chi connectivity index (χ3v) is 13.4. The number of piperidine rings is 1. The summed E-state index contributed by atoms with van der Waals surface area (Å²) < 4.78 is 20.2. The van der Waals surface area contributed by atoms with E-state index in [1.165, 1.54) is 0 Å². The Hall–Kier alpha value is -2.62. The molecule has 0 radical (unpaired) electrons. The van der Waals surface area contributed by atoms with E-state index in [0.29, 0.717) is 25.7 Å². The van der Waals surface area contributed by atoms with Crippen molar-refractivity contribution in [3.63, 3.8) is 0 Å². The van der Waals surface area contributed by atoms with Gasteiger partial charge in [0.2, 0.25) is 5.28 Å². The first-order valence-corrected chi connectivity index (χ1v) is 18.7. The van der Waals surface area contributed by atoms with Crippen molar-refractivity contribution in [3.05, 3.63) is 41.3 Å². The summed E-state index contributed by atoms with van der Waals surface area (Å²) in [6.07, 6.45) is 4.71. The SMILES string of the molecule is Cc1cc(-c2nc(Cl)nc3c2ccn3CCO[Si](C)(C)C(C)(C)C)ccc1OCCC1CCN(C(=O)OC(C)(C)C)CC1. The fourth-order valence-corrected chi connectivity index (χ4v) is 6.28. The average molecular weight is 629 g/mol. The molecule has 0 aliphatic carbocycles. The number of hydrogen-bond acceptors (Lipinski definition) is 6. The molecule has 8 nitrogen and oxygen atoms in total. The first kappa shape index (κ1) is 33.3. The lowest BCUT2D eigenvalue weighted by molar-refractivity contribution is 0.0177. The van der Waals surface area contributed by atoms with E-state index in [2.05, 4.69) is 67.5 Å². The predicted octanol–water partition coefficient (Wildman–Crippen LogP) is 8.50. The zero-order chi connectivity index (χ0) is 31.6. The minimum absolute atomic E-state index is 0.166. The molecule has 1 saturated heterocycles. The Morgan fingerprint density at radius 1 is 1.05 bits per heavy atom. The number of nitrogens with zero attached hydrogens (tertiary/aromatic N) is 4. The number of benzene rings is 1. The maximum Gasteiger partial charge on any atom is 0.410 e. The Balaban J connectivity index is 1.35. The van der Waals surface area contributed by atoms with E-state index >= 15 is 0 Å². The zero-order valence-electron chi connectivity index (χ0n) is 27.4. The molecule has 0 unspecified atom stereocenters. The van der Waals surface area contributed by atoms with Crippen molar-refractivity contribution in [2.75, 3.05) is 26.3 Å². The zero-order valence-corrected chi connectivity index (χ0v) is 29.2. The van der Waals surface area contributed by atoms with Crippen LogP contribution in [0.25, 0.3) is 22.3 Å². The average Bonchev–Trinajstić information content (AvgIpc) is 3.30. The molecule has 0 N–H and O–H groups in total. The molecular weight excluding hydrogens is 580 g/mol. The number of carbonyl (C=O) groups excluding carboxylic acids is 1. The van der Waals surface area contributed by atoms with E-state index in [1.807, 2.05) is 44.0 Å². The van der Waals surface area contributed by atoms with Gasteiger partial charge in [0.05, 0.1) is 18.9 Å². The van der Waals surface area contributed by atoms with E-state index < -0.39 is 13.9 Å².